The van der Waals surface area contributed by atoms with Gasteiger partial charge in [0.05, 0.1) is 5.69 Å². The molecule has 14 heavy (non-hydrogen) atoms. The fraction of sp³-hybridized carbons (Fsp3) is 0.727. The third kappa shape index (κ3) is 1.57. The number of H-pyrrole nitrogens is 1. The van der Waals surface area contributed by atoms with Crippen LogP contribution >= 0.6 is 0 Å². The lowest BCUT2D eigenvalue weighted by Gasteiger charge is -2.27. The SMILES string of the molecule is Cc1[nH]nc(C2CCCCC2N)c1C. The highest BCUT2D eigenvalue weighted by Gasteiger charge is 2.26. The van der Waals surface area contributed by atoms with Gasteiger partial charge >= 0.3 is 0 Å². The standard InChI is InChI=1S/C11H19N3/c1-7-8(2)13-14-11(7)9-5-3-4-6-10(9)12/h9-10H,3-6,12H2,1-2H3,(H,13,14). The molecule has 1 aliphatic carbocycles. The molecule has 3 N–H and O–H groups in total. The van der Waals surface area contributed by atoms with Gasteiger partial charge in [-0.25, -0.2) is 0 Å². The molecule has 1 saturated carbocycles. The fourth-order valence-corrected chi connectivity index (χ4v) is 2.36. The number of nitrogens with one attached hydrogen (secondary N) is 1. The molecule has 3 nitrogen and oxygen atoms in total. The normalized spacial score (nSPS) is 27.9. The maximum Gasteiger partial charge on any atom is 0.0700 e. The minimum atomic E-state index is 0.310. The van der Waals surface area contributed by atoms with Crippen LogP contribution in [-0.2, 0) is 0 Å². The van der Waals surface area contributed by atoms with Crippen LogP contribution in [0.15, 0.2) is 0 Å². The largest absolute Gasteiger partial charge is 0.327 e. The lowest BCUT2D eigenvalue weighted by atomic mass is 9.82. The topological polar surface area (TPSA) is 54.7 Å². The van der Waals surface area contributed by atoms with Crippen molar-refractivity contribution in [3.63, 3.8) is 0 Å². The number of nitrogens with two attached hydrogens (primary N) is 1. The third-order valence-corrected chi connectivity index (χ3v) is 3.46. The van der Waals surface area contributed by atoms with Gasteiger partial charge < -0.3 is 5.73 Å². The molecule has 0 aromatic carbocycles. The van der Waals surface area contributed by atoms with E-state index in [1.807, 2.05) is 0 Å². The van der Waals surface area contributed by atoms with Crippen LogP contribution < -0.4 is 5.73 Å². The van der Waals surface area contributed by atoms with Crippen LogP contribution in [-0.4, -0.2) is 16.2 Å². The van der Waals surface area contributed by atoms with E-state index in [-0.39, 0.29) is 0 Å². The quantitative estimate of drug-likeness (QED) is 0.717. The summed E-state index contributed by atoms with van der Waals surface area (Å²) in [5, 5.41) is 7.43. The lowest BCUT2D eigenvalue weighted by Crippen LogP contribution is -2.31. The Labute approximate surface area is 85.1 Å². The van der Waals surface area contributed by atoms with Crippen molar-refractivity contribution in [3.05, 3.63) is 17.0 Å². The molecule has 1 aromatic heterocycles. The molecule has 3 heteroatoms. The summed E-state index contributed by atoms with van der Waals surface area (Å²) < 4.78 is 0. The second-order valence-electron chi connectivity index (χ2n) is 4.41. The lowest BCUT2D eigenvalue weighted by molar-refractivity contribution is 0.378. The van der Waals surface area contributed by atoms with Crippen LogP contribution in [0, 0.1) is 13.8 Å². The number of aromatic amines is 1. The Hall–Kier alpha value is -0.830. The molecule has 1 fully saturated rings. The number of aryl methyl sites for hydroxylation is 1. The summed E-state index contributed by atoms with van der Waals surface area (Å²) in [6.07, 6.45) is 4.92. The molecule has 78 valence electrons. The van der Waals surface area contributed by atoms with Crippen molar-refractivity contribution in [2.75, 3.05) is 0 Å². The minimum absolute atomic E-state index is 0.310. The molecule has 0 radical (unpaired) electrons. The molecule has 1 aliphatic rings. The summed E-state index contributed by atoms with van der Waals surface area (Å²) in [5.74, 6) is 0.480. The van der Waals surface area contributed by atoms with Crippen LogP contribution in [0.4, 0.5) is 0 Å². The van der Waals surface area contributed by atoms with Gasteiger partial charge in [0.15, 0.2) is 0 Å². The van der Waals surface area contributed by atoms with E-state index >= 15 is 0 Å². The summed E-state index contributed by atoms with van der Waals surface area (Å²) >= 11 is 0. The second-order valence-corrected chi connectivity index (χ2v) is 4.41. The predicted molar refractivity (Wildman–Crippen MR) is 57.2 cm³/mol. The van der Waals surface area contributed by atoms with E-state index in [0.717, 1.165) is 6.42 Å². The van der Waals surface area contributed by atoms with Crippen LogP contribution in [0.2, 0.25) is 0 Å². The average molecular weight is 193 g/mol. The van der Waals surface area contributed by atoms with Crippen molar-refractivity contribution in [1.29, 1.82) is 0 Å². The molecule has 2 rings (SSSR count). The van der Waals surface area contributed by atoms with Crippen LogP contribution in [0.5, 0.6) is 0 Å². The molecule has 1 aromatic rings. The number of hydrogen-bond donors (Lipinski definition) is 2. The molecular weight excluding hydrogens is 174 g/mol. The van der Waals surface area contributed by atoms with Crippen molar-refractivity contribution >= 4 is 0 Å². The van der Waals surface area contributed by atoms with Crippen molar-refractivity contribution in [1.82, 2.24) is 10.2 Å². The highest BCUT2D eigenvalue weighted by Crippen LogP contribution is 2.32. The van der Waals surface area contributed by atoms with Crippen LogP contribution in [0.25, 0.3) is 0 Å². The van der Waals surface area contributed by atoms with E-state index in [4.69, 9.17) is 5.73 Å². The number of aromatic nitrogens is 2. The van der Waals surface area contributed by atoms with Gasteiger partial charge in [0, 0.05) is 17.7 Å². The molecule has 1 heterocycles. The minimum Gasteiger partial charge on any atom is -0.327 e. The molecule has 0 bridgehead atoms. The summed E-state index contributed by atoms with van der Waals surface area (Å²) in [7, 11) is 0. The van der Waals surface area contributed by atoms with Crippen LogP contribution in [0.1, 0.15) is 48.6 Å². The predicted octanol–water partition coefficient (Wildman–Crippen LogP) is 2.01. The Kier molecular flexibility index (Phi) is 2.59. The van der Waals surface area contributed by atoms with Crippen molar-refractivity contribution in [2.24, 2.45) is 5.73 Å². The fourth-order valence-electron chi connectivity index (χ4n) is 2.36. The van der Waals surface area contributed by atoms with Gasteiger partial charge in [-0.15, -0.1) is 0 Å². The first-order valence-corrected chi connectivity index (χ1v) is 5.47. The Balaban J connectivity index is 2.24. The van der Waals surface area contributed by atoms with Gasteiger partial charge in [0.2, 0.25) is 0 Å². The Morgan fingerprint density at radius 2 is 2.00 bits per heavy atom. The molecule has 2 unspecified atom stereocenters. The van der Waals surface area contributed by atoms with Gasteiger partial charge in [-0.05, 0) is 32.3 Å². The first kappa shape index (κ1) is 9.71. The van der Waals surface area contributed by atoms with Gasteiger partial charge in [-0.2, -0.15) is 5.10 Å². The first-order valence-electron chi connectivity index (χ1n) is 5.47. The third-order valence-electron chi connectivity index (χ3n) is 3.46. The van der Waals surface area contributed by atoms with E-state index < -0.39 is 0 Å². The monoisotopic (exact) mass is 193 g/mol. The molecule has 0 amide bonds. The molecule has 0 aliphatic heterocycles. The van der Waals surface area contributed by atoms with Gasteiger partial charge in [-0.1, -0.05) is 12.8 Å². The molecular formula is C11H19N3. The number of rotatable bonds is 1. The smallest absolute Gasteiger partial charge is 0.0700 e. The summed E-state index contributed by atoms with van der Waals surface area (Å²) in [6, 6.07) is 0.310. The Morgan fingerprint density at radius 3 is 2.57 bits per heavy atom. The maximum atomic E-state index is 6.14. The zero-order valence-corrected chi connectivity index (χ0v) is 9.01. The van der Waals surface area contributed by atoms with E-state index in [2.05, 4.69) is 24.0 Å². The summed E-state index contributed by atoms with van der Waals surface area (Å²) in [6.45, 7) is 4.20. The van der Waals surface area contributed by atoms with Gasteiger partial charge in [0.25, 0.3) is 0 Å². The van der Waals surface area contributed by atoms with Crippen molar-refractivity contribution in [3.8, 4) is 0 Å². The number of hydrogen-bond acceptors (Lipinski definition) is 2. The zero-order chi connectivity index (χ0) is 10.1. The van der Waals surface area contributed by atoms with Gasteiger partial charge in [-0.3, -0.25) is 5.10 Å². The van der Waals surface area contributed by atoms with E-state index in [0.29, 0.717) is 12.0 Å². The molecule has 0 saturated heterocycles. The first-order chi connectivity index (χ1) is 6.70. The maximum absolute atomic E-state index is 6.14. The van der Waals surface area contributed by atoms with E-state index in [9.17, 15) is 0 Å². The summed E-state index contributed by atoms with van der Waals surface area (Å²) in [4.78, 5) is 0. The number of nitrogens with zero attached hydrogens (tertiary/aromatic N) is 1. The molecule has 2 atom stereocenters. The van der Waals surface area contributed by atoms with E-state index in [1.165, 1.54) is 36.2 Å². The highest BCUT2D eigenvalue weighted by molar-refractivity contribution is 5.27. The molecule has 0 spiro atoms. The zero-order valence-electron chi connectivity index (χ0n) is 9.01. The Morgan fingerprint density at radius 1 is 1.29 bits per heavy atom. The highest BCUT2D eigenvalue weighted by atomic mass is 15.1. The van der Waals surface area contributed by atoms with Crippen molar-refractivity contribution < 1.29 is 0 Å². The second kappa shape index (κ2) is 3.73. The van der Waals surface area contributed by atoms with E-state index in [1.54, 1.807) is 0 Å². The Bertz CT molecular complexity index is 316. The summed E-state index contributed by atoms with van der Waals surface area (Å²) in [5.41, 5.74) is 9.82. The van der Waals surface area contributed by atoms with Crippen molar-refractivity contribution in [2.45, 2.75) is 51.5 Å². The van der Waals surface area contributed by atoms with Gasteiger partial charge in [0.1, 0.15) is 0 Å². The average Bonchev–Trinajstić information content (AvgIpc) is 2.49. The van der Waals surface area contributed by atoms with Crippen LogP contribution in [0.3, 0.4) is 0 Å².